The van der Waals surface area contributed by atoms with Gasteiger partial charge in [0.1, 0.15) is 29.3 Å². The number of halogens is 1. The summed E-state index contributed by atoms with van der Waals surface area (Å²) >= 11 is 6.97. The highest BCUT2D eigenvalue weighted by atomic mass is 35.5. The van der Waals surface area contributed by atoms with Crippen LogP contribution in [0.15, 0.2) is 23.0 Å². The number of pyridine rings is 1. The van der Waals surface area contributed by atoms with E-state index in [1.807, 2.05) is 13.8 Å². The number of nitrogens with two attached hydrogens (primary N) is 1. The Balaban J connectivity index is 1.55. The van der Waals surface area contributed by atoms with Crippen LogP contribution in [0.4, 0.5) is 0 Å². The Kier molecular flexibility index (Phi) is 6.04. The normalized spacial score (nSPS) is 26.0. The number of ether oxygens (including phenoxy) is 4. The summed E-state index contributed by atoms with van der Waals surface area (Å²) in [6, 6.07) is 1.70. The predicted molar refractivity (Wildman–Crippen MR) is 152 cm³/mol. The summed E-state index contributed by atoms with van der Waals surface area (Å²) in [5, 5.41) is 34.7. The fraction of sp³-hybridized carbons (Fsp3) is 0.400. The summed E-state index contributed by atoms with van der Waals surface area (Å²) in [7, 11) is 1.47. The van der Waals surface area contributed by atoms with Crippen molar-refractivity contribution in [3.05, 3.63) is 56.0 Å². The topological polar surface area (TPSA) is 163 Å². The van der Waals surface area contributed by atoms with Gasteiger partial charge in [0.15, 0.2) is 24.1 Å². The second-order valence-corrected chi connectivity index (χ2v) is 11.6. The number of nitrogen functional groups attached to an aromatic ring is 1. The molecule has 3 heterocycles. The Morgan fingerprint density at radius 2 is 1.93 bits per heavy atom. The minimum Gasteiger partial charge on any atom is -0.506 e. The molecule has 6 atom stereocenters. The number of phenols is 2. The van der Waals surface area contributed by atoms with Gasteiger partial charge < -0.3 is 40.1 Å². The van der Waals surface area contributed by atoms with E-state index in [9.17, 15) is 24.9 Å². The minimum absolute atomic E-state index is 0.00712. The van der Waals surface area contributed by atoms with Crippen LogP contribution in [-0.2, 0) is 15.9 Å². The number of aromatic nitrogens is 1. The summed E-state index contributed by atoms with van der Waals surface area (Å²) in [5.74, 6) is 3.72. The average Bonchev–Trinajstić information content (AvgIpc) is 2.98. The molecular weight excluding hydrogens is 568 g/mol. The van der Waals surface area contributed by atoms with Crippen LogP contribution in [0.25, 0.3) is 21.9 Å². The number of aliphatic hydroxyl groups excluding tert-OH is 1. The van der Waals surface area contributed by atoms with Gasteiger partial charge in [-0.2, -0.15) is 0 Å². The van der Waals surface area contributed by atoms with Crippen LogP contribution in [-0.4, -0.2) is 58.0 Å². The van der Waals surface area contributed by atoms with E-state index < -0.39 is 53.2 Å². The molecule has 3 aromatic rings. The third-order valence-electron chi connectivity index (χ3n) is 9.14. The zero-order chi connectivity index (χ0) is 29.8. The van der Waals surface area contributed by atoms with Gasteiger partial charge >= 0.3 is 0 Å². The molecule has 1 unspecified atom stereocenters. The van der Waals surface area contributed by atoms with Gasteiger partial charge in [-0.1, -0.05) is 37.6 Å². The first-order chi connectivity index (χ1) is 20.1. The van der Waals surface area contributed by atoms with Crippen LogP contribution in [0.3, 0.4) is 0 Å². The van der Waals surface area contributed by atoms with Crippen molar-refractivity contribution in [3.8, 4) is 34.1 Å². The van der Waals surface area contributed by atoms with Crippen LogP contribution < -0.4 is 20.9 Å². The van der Waals surface area contributed by atoms with Gasteiger partial charge in [0.05, 0.1) is 28.5 Å². The number of aromatic hydroxyl groups is 2. The standard InChI is InChI=1S/C30H29ClN2O9/c1-4-10(2)13-7-11-18(30(38)33(13)32)24(35)17-12(23(11)31)8-16-20-21(17)26(37)22-25(36)19-14(34)5-6-15(39-3)27(19)42-29(22)28(20)41-9-40-16/h5-7,10,14-16,19,27,34-35,37H,4,8-9,32H2,1-3H3/t10?,14-,15+,16+,19+,27+/m0/s1. The number of methoxy groups -OCH3 is 1. The molecule has 2 aromatic carbocycles. The summed E-state index contributed by atoms with van der Waals surface area (Å²) in [5.41, 5.74) is 0.611. The molecule has 0 amide bonds. The Morgan fingerprint density at radius 1 is 1.17 bits per heavy atom. The lowest BCUT2D eigenvalue weighted by Crippen LogP contribution is -2.52. The van der Waals surface area contributed by atoms with Gasteiger partial charge in [-0.3, -0.25) is 9.59 Å². The Hall–Kier alpha value is -3.77. The highest BCUT2D eigenvalue weighted by Gasteiger charge is 2.51. The number of Topliss-reactive ketones (excluding diaryl/α,β-unsaturated/α-hetero) is 1. The van der Waals surface area contributed by atoms with Crippen molar-refractivity contribution < 1.29 is 39.1 Å². The number of hydrogen-bond acceptors (Lipinski definition) is 10. The molecule has 0 bridgehead atoms. The van der Waals surface area contributed by atoms with Crippen LogP contribution >= 0.6 is 11.6 Å². The second-order valence-electron chi connectivity index (χ2n) is 11.2. The maximum atomic E-state index is 14.0. The molecular formula is C30H29ClN2O9. The monoisotopic (exact) mass is 596 g/mol. The lowest BCUT2D eigenvalue weighted by Gasteiger charge is -2.42. The van der Waals surface area contributed by atoms with Crippen molar-refractivity contribution in [2.75, 3.05) is 19.7 Å². The van der Waals surface area contributed by atoms with E-state index in [-0.39, 0.29) is 57.7 Å². The van der Waals surface area contributed by atoms with E-state index in [0.717, 1.165) is 11.1 Å². The van der Waals surface area contributed by atoms with E-state index in [0.29, 0.717) is 22.2 Å². The molecule has 0 radical (unpaired) electrons. The first kappa shape index (κ1) is 27.1. The molecule has 4 aliphatic rings. The summed E-state index contributed by atoms with van der Waals surface area (Å²) < 4.78 is 24.6. The van der Waals surface area contributed by atoms with E-state index in [1.54, 1.807) is 12.1 Å². The molecule has 2 aliphatic heterocycles. The molecule has 11 nitrogen and oxygen atoms in total. The Labute approximate surface area is 244 Å². The van der Waals surface area contributed by atoms with E-state index in [2.05, 4.69) is 0 Å². The Morgan fingerprint density at radius 3 is 2.64 bits per heavy atom. The molecule has 0 fully saturated rings. The molecule has 0 saturated heterocycles. The fourth-order valence-corrected chi connectivity index (χ4v) is 7.13. The average molecular weight is 597 g/mol. The number of carbonyl (C=O) groups excluding carboxylic acids is 1. The fourth-order valence-electron chi connectivity index (χ4n) is 6.80. The predicted octanol–water partition coefficient (Wildman–Crippen LogP) is 3.43. The van der Waals surface area contributed by atoms with Gasteiger partial charge in [0.2, 0.25) is 0 Å². The number of phenolic OH excluding ortho intramolecular Hbond substituents is 2. The number of carbonyl (C=O) groups is 1. The summed E-state index contributed by atoms with van der Waals surface area (Å²) in [6.07, 6.45) is 0.620. The third kappa shape index (κ3) is 3.39. The van der Waals surface area contributed by atoms with Crippen molar-refractivity contribution >= 4 is 28.2 Å². The van der Waals surface area contributed by atoms with Crippen molar-refractivity contribution in [2.24, 2.45) is 5.92 Å². The number of aliphatic hydroxyl groups is 1. The smallest absolute Gasteiger partial charge is 0.280 e. The maximum absolute atomic E-state index is 14.0. The maximum Gasteiger partial charge on any atom is 0.280 e. The zero-order valence-electron chi connectivity index (χ0n) is 23.0. The molecule has 1 aromatic heterocycles. The molecule has 42 heavy (non-hydrogen) atoms. The highest BCUT2D eigenvalue weighted by Crippen LogP contribution is 2.61. The minimum atomic E-state index is -1.19. The van der Waals surface area contributed by atoms with Crippen LogP contribution in [0.1, 0.15) is 59.5 Å². The summed E-state index contributed by atoms with van der Waals surface area (Å²) in [4.78, 5) is 27.5. The molecule has 0 saturated carbocycles. The second kappa shape index (κ2) is 9.37. The first-order valence-corrected chi connectivity index (χ1v) is 14.1. The van der Waals surface area contributed by atoms with Gasteiger partial charge in [-0.05, 0) is 24.0 Å². The summed E-state index contributed by atoms with van der Waals surface area (Å²) in [6.45, 7) is 3.73. The van der Waals surface area contributed by atoms with E-state index in [1.165, 1.54) is 13.2 Å². The number of ketones is 1. The highest BCUT2D eigenvalue weighted by molar-refractivity contribution is 6.37. The number of hydrogen-bond donors (Lipinski definition) is 4. The number of nitrogens with zero attached hydrogens (tertiary/aromatic N) is 1. The third-order valence-corrected chi connectivity index (χ3v) is 9.57. The van der Waals surface area contributed by atoms with Gasteiger partial charge in [-0.15, -0.1) is 0 Å². The molecule has 220 valence electrons. The quantitative estimate of drug-likeness (QED) is 0.260. The number of benzene rings is 2. The van der Waals surface area contributed by atoms with Crippen LogP contribution in [0.5, 0.6) is 23.0 Å². The molecule has 12 heteroatoms. The van der Waals surface area contributed by atoms with Crippen molar-refractivity contribution in [1.29, 1.82) is 0 Å². The number of fused-ring (bicyclic) bond motifs is 6. The van der Waals surface area contributed by atoms with E-state index in [4.69, 9.17) is 36.4 Å². The van der Waals surface area contributed by atoms with E-state index >= 15 is 0 Å². The molecule has 7 rings (SSSR count). The van der Waals surface area contributed by atoms with Crippen molar-refractivity contribution in [1.82, 2.24) is 4.68 Å². The Bertz CT molecular complexity index is 1800. The lowest BCUT2D eigenvalue weighted by atomic mass is 9.75. The van der Waals surface area contributed by atoms with Crippen molar-refractivity contribution in [2.45, 2.75) is 57.0 Å². The van der Waals surface area contributed by atoms with Crippen LogP contribution in [0.2, 0.25) is 5.02 Å². The van der Waals surface area contributed by atoms with Gasteiger partial charge in [0, 0.05) is 41.3 Å². The lowest BCUT2D eigenvalue weighted by molar-refractivity contribution is -0.0675. The molecule has 2 aliphatic carbocycles. The largest absolute Gasteiger partial charge is 0.506 e. The first-order valence-electron chi connectivity index (χ1n) is 13.8. The van der Waals surface area contributed by atoms with Gasteiger partial charge in [-0.25, -0.2) is 4.68 Å². The van der Waals surface area contributed by atoms with Gasteiger partial charge in [0.25, 0.3) is 5.56 Å². The van der Waals surface area contributed by atoms with Crippen molar-refractivity contribution in [3.63, 3.8) is 0 Å². The molecule has 0 spiro atoms. The SMILES string of the molecule is CCC(C)c1cc2c(Cl)c3c(c(O)c2c(=O)n1N)-c1c(O)c2c(c4c1[C@@H](C3)OCO4)O[C@H]1[C@@H](C2=O)[C@@H](O)C=C[C@H]1OC. The molecule has 5 N–H and O–H groups in total. The zero-order valence-corrected chi connectivity index (χ0v) is 23.8. The number of rotatable bonds is 3. The van der Waals surface area contributed by atoms with Crippen LogP contribution in [0, 0.1) is 5.92 Å².